The van der Waals surface area contributed by atoms with E-state index >= 15 is 0 Å². The van der Waals surface area contributed by atoms with Crippen LogP contribution in [-0.4, -0.2) is 16.3 Å². The second-order valence-electron chi connectivity index (χ2n) is 17.4. The Morgan fingerprint density at radius 2 is 0.875 bits per heavy atom. The molecule has 0 spiro atoms. The van der Waals surface area contributed by atoms with Crippen LogP contribution in [0.2, 0.25) is 0 Å². The molecular formula is C56H58BCl2N2O2Zr. The zero-order valence-corrected chi connectivity index (χ0v) is 41.4. The molecule has 6 aromatic carbocycles. The summed E-state index contributed by atoms with van der Waals surface area (Å²) in [5.41, 5.74) is 15.4. The number of allylic oxidation sites excluding steroid dienone is 2. The topological polar surface area (TPSA) is 58.2 Å². The molecule has 2 amide bonds. The van der Waals surface area contributed by atoms with E-state index in [0.29, 0.717) is 0 Å². The van der Waals surface area contributed by atoms with Crippen molar-refractivity contribution in [3.63, 3.8) is 0 Å². The van der Waals surface area contributed by atoms with E-state index in [-0.39, 0.29) is 24.7 Å². The van der Waals surface area contributed by atoms with Crippen molar-refractivity contribution in [2.45, 2.75) is 86.3 Å². The number of fused-ring (bicyclic) bond motifs is 2. The predicted molar refractivity (Wildman–Crippen MR) is 269 cm³/mol. The second kappa shape index (κ2) is 19.8. The molecule has 0 fully saturated rings. The van der Waals surface area contributed by atoms with Crippen LogP contribution in [-0.2, 0) is 38.6 Å². The molecule has 2 unspecified atom stereocenters. The molecule has 325 valence electrons. The van der Waals surface area contributed by atoms with Crippen molar-refractivity contribution in [1.82, 2.24) is 10.5 Å². The van der Waals surface area contributed by atoms with Crippen molar-refractivity contribution in [2.75, 3.05) is 0 Å². The van der Waals surface area contributed by atoms with Gasteiger partial charge in [-0.15, -0.1) is 0 Å². The van der Waals surface area contributed by atoms with Gasteiger partial charge < -0.3 is 0 Å². The van der Waals surface area contributed by atoms with E-state index in [0.717, 1.165) is 94.2 Å². The zero-order valence-electron chi connectivity index (χ0n) is 37.5. The van der Waals surface area contributed by atoms with E-state index in [1.54, 1.807) is 0 Å². The van der Waals surface area contributed by atoms with E-state index in [1.807, 2.05) is 26.0 Å². The fourth-order valence-electron chi connectivity index (χ4n) is 10.3. The van der Waals surface area contributed by atoms with Crippen LogP contribution >= 0.6 is 17.0 Å². The van der Waals surface area contributed by atoms with Crippen molar-refractivity contribution >= 4 is 56.7 Å². The summed E-state index contributed by atoms with van der Waals surface area (Å²) in [6.45, 7) is 8.11. The summed E-state index contributed by atoms with van der Waals surface area (Å²) in [4.78, 5) is 28.1. The van der Waals surface area contributed by atoms with Gasteiger partial charge in [-0.1, -0.05) is 0 Å². The maximum absolute atomic E-state index is 14.1. The molecule has 64 heavy (non-hydrogen) atoms. The van der Waals surface area contributed by atoms with Gasteiger partial charge in [0.1, 0.15) is 0 Å². The van der Waals surface area contributed by atoms with E-state index < -0.39 is 27.9 Å². The summed E-state index contributed by atoms with van der Waals surface area (Å²) in [5.74, 6) is -0.459. The van der Waals surface area contributed by atoms with Gasteiger partial charge in [-0.05, 0) is 0 Å². The van der Waals surface area contributed by atoms with Crippen molar-refractivity contribution < 1.29 is 25.8 Å². The Hall–Kier alpha value is -4.73. The first kappa shape index (κ1) is 45.8. The number of hydrogen-bond acceptors (Lipinski definition) is 2. The molecule has 2 N–H and O–H groups in total. The van der Waals surface area contributed by atoms with Crippen LogP contribution in [0, 0.1) is 0 Å². The number of hydrogen-bond donors (Lipinski definition) is 2. The number of rotatable bonds is 17. The normalized spacial score (nSPS) is 15.9. The number of nitrogens with one attached hydrogen (secondary N) is 2. The van der Waals surface area contributed by atoms with Crippen LogP contribution in [0.1, 0.15) is 118 Å². The quantitative estimate of drug-likeness (QED) is 0.0895. The molecule has 0 saturated carbocycles. The van der Waals surface area contributed by atoms with Crippen molar-refractivity contribution in [3.05, 3.63) is 190 Å². The van der Waals surface area contributed by atoms with Crippen molar-refractivity contribution in [2.24, 2.45) is 0 Å². The number of carbonyl (C=O) groups excluding carboxylic acids is 2. The second-order valence-corrected chi connectivity index (χ2v) is 38.8. The average Bonchev–Trinajstić information content (AvgIpc) is 3.95. The number of halogens is 2. The van der Waals surface area contributed by atoms with E-state index in [2.05, 4.69) is 170 Å². The Bertz CT molecular complexity index is 2550. The molecule has 2 atom stereocenters. The van der Waals surface area contributed by atoms with Crippen LogP contribution in [0.4, 0.5) is 0 Å². The minimum absolute atomic E-state index is 0.195. The van der Waals surface area contributed by atoms with Gasteiger partial charge in [-0.2, -0.15) is 0 Å². The molecule has 2 aliphatic rings. The van der Waals surface area contributed by atoms with Crippen LogP contribution in [0.25, 0.3) is 45.6 Å². The van der Waals surface area contributed by atoms with Crippen LogP contribution in [0.15, 0.2) is 146 Å². The fraction of sp³-hybridized carbons (Fsp3) is 0.250. The monoisotopic (exact) mass is 961 g/mol. The first-order valence-corrected chi connectivity index (χ1v) is 33.8. The summed E-state index contributed by atoms with van der Waals surface area (Å²) >= 11 is -6.35. The number of unbranched alkanes of at least 4 members (excludes halogenated alkanes) is 2. The van der Waals surface area contributed by atoms with Gasteiger partial charge >= 0.3 is 392 Å². The molecule has 0 radical (unpaired) electrons. The van der Waals surface area contributed by atoms with Gasteiger partial charge in [-0.25, -0.2) is 0 Å². The van der Waals surface area contributed by atoms with E-state index in [9.17, 15) is 26.6 Å². The average molecular weight is 964 g/mol. The minimum atomic E-state index is -6.35. The first-order valence-electron chi connectivity index (χ1n) is 23.2. The molecular weight excluding hydrogens is 906 g/mol. The number of benzene rings is 6. The predicted octanol–water partition coefficient (Wildman–Crippen LogP) is 14.6. The fourth-order valence-corrected chi connectivity index (χ4v) is 30.1. The summed E-state index contributed by atoms with van der Waals surface area (Å²) in [6.07, 6.45) is 11.3. The SMILES string of the molecule is CCCCc1ccccc1-c1cccc2c1C=C(c1ccccc1)[CH]2[Zr]([Cl])([Cl])([B](NC(=O)CC)NC(=O)CC)[CH]1C(c2ccccc2)=Cc2c(-c3ccccc3CCCC)cccc21. The van der Waals surface area contributed by atoms with Crippen molar-refractivity contribution in [3.8, 4) is 22.3 Å². The third-order valence-electron chi connectivity index (χ3n) is 13.5. The molecule has 0 saturated heterocycles. The molecule has 0 aliphatic heterocycles. The summed E-state index contributed by atoms with van der Waals surface area (Å²) < 4.78 is -2.21. The summed E-state index contributed by atoms with van der Waals surface area (Å²) in [7, 11) is 18.4. The van der Waals surface area contributed by atoms with Gasteiger partial charge in [0.25, 0.3) is 0 Å². The Kier molecular flexibility index (Phi) is 14.2. The standard InChI is InChI=1S/2C25H23.C6H11BN2O2.2ClH.Zr/c2*1-2-3-10-20-13-7-8-15-23(20)24-16-9-14-21-17-22(18-25(21)24)19-11-5-4-6-12-19;1-3-5(10)8-7-9-6(11)4-2;;;/h2*4-9,11-18H,2-3,10H2,1H3;3-4H2,1-2H3,(H-,8,9,10,11);2*1H;/q;;;;;+1/p-1. The molecule has 0 aromatic heterocycles. The van der Waals surface area contributed by atoms with Crippen LogP contribution < -0.4 is 10.5 Å². The van der Waals surface area contributed by atoms with Gasteiger partial charge in [0, 0.05) is 0 Å². The number of carbonyl (C=O) groups is 2. The van der Waals surface area contributed by atoms with Gasteiger partial charge in [0.2, 0.25) is 0 Å². The van der Waals surface area contributed by atoms with Gasteiger partial charge in [-0.3, -0.25) is 0 Å². The zero-order chi connectivity index (χ0) is 44.9. The van der Waals surface area contributed by atoms with Crippen LogP contribution in [0.5, 0.6) is 0 Å². The molecule has 2 aliphatic carbocycles. The molecule has 0 heterocycles. The van der Waals surface area contributed by atoms with Gasteiger partial charge in [0.15, 0.2) is 0 Å². The number of amides is 2. The summed E-state index contributed by atoms with van der Waals surface area (Å²) in [5, 5.41) is 6.67. The Labute approximate surface area is 388 Å². The third kappa shape index (κ3) is 8.59. The number of aryl methyl sites for hydroxylation is 2. The molecule has 4 nitrogen and oxygen atoms in total. The Morgan fingerprint density at radius 1 is 0.500 bits per heavy atom. The van der Waals surface area contributed by atoms with Gasteiger partial charge in [0.05, 0.1) is 0 Å². The molecule has 8 heteroatoms. The molecule has 6 aromatic rings. The first-order chi connectivity index (χ1) is 31.1. The summed E-state index contributed by atoms with van der Waals surface area (Å²) in [6, 6.07) is 51.3. The maximum atomic E-state index is 14.1. The van der Waals surface area contributed by atoms with E-state index in [1.165, 1.54) is 22.3 Å². The van der Waals surface area contributed by atoms with Crippen LogP contribution in [0.3, 0.4) is 0 Å². The van der Waals surface area contributed by atoms with E-state index in [4.69, 9.17) is 0 Å². The van der Waals surface area contributed by atoms with Crippen molar-refractivity contribution in [1.29, 1.82) is 0 Å². The molecule has 0 bridgehead atoms. The third-order valence-corrected chi connectivity index (χ3v) is 33.1. The molecule has 8 rings (SSSR count). The Morgan fingerprint density at radius 3 is 1.27 bits per heavy atom. The Balaban J connectivity index is 1.48.